The average Bonchev–Trinajstić information content (AvgIpc) is 3.20. The number of thioether (sulfide) groups is 1. The van der Waals surface area contributed by atoms with Crippen LogP contribution in [0.5, 0.6) is 5.75 Å². The van der Waals surface area contributed by atoms with Crippen molar-refractivity contribution in [1.82, 2.24) is 14.8 Å². The van der Waals surface area contributed by atoms with Crippen LogP contribution in [0.25, 0.3) is 10.8 Å². The van der Waals surface area contributed by atoms with E-state index < -0.39 is 0 Å². The summed E-state index contributed by atoms with van der Waals surface area (Å²) in [4.78, 5) is 12.5. The van der Waals surface area contributed by atoms with Gasteiger partial charge >= 0.3 is 0 Å². The van der Waals surface area contributed by atoms with Crippen LogP contribution in [0.4, 0.5) is 5.69 Å². The molecule has 6 nitrogen and oxygen atoms in total. The quantitative estimate of drug-likeness (QED) is 0.187. The third-order valence-electron chi connectivity index (χ3n) is 4.82. The molecule has 0 bridgehead atoms. The highest BCUT2D eigenvalue weighted by atomic mass is 35.5. The third-order valence-corrected chi connectivity index (χ3v) is 6.60. The first-order valence-electron chi connectivity index (χ1n) is 10.2. The van der Waals surface area contributed by atoms with E-state index >= 15 is 0 Å². The molecule has 0 aliphatic heterocycles. The fraction of sp³-hybridized carbons (Fsp3) is 0.125. The summed E-state index contributed by atoms with van der Waals surface area (Å²) in [6.07, 6.45) is 1.74. The van der Waals surface area contributed by atoms with Crippen LogP contribution in [0.2, 0.25) is 15.1 Å². The van der Waals surface area contributed by atoms with Crippen LogP contribution in [-0.4, -0.2) is 26.4 Å². The Morgan fingerprint density at radius 2 is 1.82 bits per heavy atom. The Balaban J connectivity index is 1.44. The van der Waals surface area contributed by atoms with Crippen LogP contribution in [0.3, 0.4) is 0 Å². The molecule has 1 amide bonds. The van der Waals surface area contributed by atoms with Crippen LogP contribution >= 0.6 is 46.6 Å². The van der Waals surface area contributed by atoms with Crippen LogP contribution in [-0.2, 0) is 17.9 Å². The largest absolute Gasteiger partial charge is 0.485 e. The van der Waals surface area contributed by atoms with Gasteiger partial charge in [-0.1, -0.05) is 89.0 Å². The lowest BCUT2D eigenvalue weighted by Gasteiger charge is -2.11. The van der Waals surface area contributed by atoms with Gasteiger partial charge in [-0.25, -0.2) is 0 Å². The maximum Gasteiger partial charge on any atom is 0.234 e. The topological polar surface area (TPSA) is 69.0 Å². The number of aromatic nitrogens is 3. The highest BCUT2D eigenvalue weighted by Gasteiger charge is 2.16. The Morgan fingerprint density at radius 1 is 1.09 bits per heavy atom. The summed E-state index contributed by atoms with van der Waals surface area (Å²) in [6.45, 7) is 4.50. The summed E-state index contributed by atoms with van der Waals surface area (Å²) in [6, 6.07) is 16.9. The summed E-state index contributed by atoms with van der Waals surface area (Å²) in [5.74, 6) is 1.17. The van der Waals surface area contributed by atoms with Gasteiger partial charge in [0.05, 0.1) is 21.5 Å². The Bertz CT molecular complexity index is 1330. The number of nitrogens with one attached hydrogen (secondary N) is 1. The van der Waals surface area contributed by atoms with Crippen molar-refractivity contribution >= 4 is 68.9 Å². The molecule has 1 N–H and O–H groups in total. The van der Waals surface area contributed by atoms with Crippen molar-refractivity contribution in [3.05, 3.63) is 88.1 Å². The summed E-state index contributed by atoms with van der Waals surface area (Å²) in [5, 5.41) is 14.8. The predicted octanol–water partition coefficient (Wildman–Crippen LogP) is 6.89. The van der Waals surface area contributed by atoms with E-state index in [1.807, 2.05) is 47.0 Å². The molecule has 1 aromatic heterocycles. The summed E-state index contributed by atoms with van der Waals surface area (Å²) >= 11 is 19.4. The lowest BCUT2D eigenvalue weighted by molar-refractivity contribution is -0.113. The number of fused-ring (bicyclic) bond motifs is 1. The Labute approximate surface area is 215 Å². The van der Waals surface area contributed by atoms with Gasteiger partial charge in [-0.3, -0.25) is 9.36 Å². The van der Waals surface area contributed by atoms with E-state index in [9.17, 15) is 4.79 Å². The van der Waals surface area contributed by atoms with E-state index in [1.165, 1.54) is 23.9 Å². The molecule has 34 heavy (non-hydrogen) atoms. The number of hydrogen-bond donors (Lipinski definition) is 1. The Kier molecular flexibility index (Phi) is 8.00. The van der Waals surface area contributed by atoms with Crippen molar-refractivity contribution in [1.29, 1.82) is 0 Å². The van der Waals surface area contributed by atoms with Crippen LogP contribution in [0.1, 0.15) is 5.82 Å². The number of amides is 1. The molecule has 0 aliphatic carbocycles. The van der Waals surface area contributed by atoms with Crippen molar-refractivity contribution in [3.63, 3.8) is 0 Å². The molecular weight excluding hydrogens is 515 g/mol. The number of ether oxygens (including phenoxy) is 1. The van der Waals surface area contributed by atoms with Crippen molar-refractivity contribution in [3.8, 4) is 5.75 Å². The van der Waals surface area contributed by atoms with Crippen LogP contribution in [0.15, 0.2) is 72.4 Å². The maximum absolute atomic E-state index is 12.5. The van der Waals surface area contributed by atoms with E-state index in [1.54, 1.807) is 6.08 Å². The molecule has 0 atom stereocenters. The molecule has 0 saturated heterocycles. The average molecular weight is 534 g/mol. The molecule has 3 aromatic carbocycles. The zero-order valence-corrected chi connectivity index (χ0v) is 20.9. The van der Waals surface area contributed by atoms with Gasteiger partial charge in [0.25, 0.3) is 0 Å². The zero-order valence-electron chi connectivity index (χ0n) is 17.8. The van der Waals surface area contributed by atoms with Gasteiger partial charge in [-0.15, -0.1) is 16.8 Å². The second-order valence-corrected chi connectivity index (χ2v) is 9.34. The molecule has 174 valence electrons. The molecule has 0 spiro atoms. The first-order chi connectivity index (χ1) is 16.5. The molecule has 0 radical (unpaired) electrons. The first-order valence-corrected chi connectivity index (χ1v) is 12.3. The SMILES string of the molecule is C=CCn1c(COc2cccc3ccccc23)nnc1SCC(=O)Nc1c(Cl)cc(Cl)cc1Cl. The summed E-state index contributed by atoms with van der Waals surface area (Å²) in [7, 11) is 0. The normalized spacial score (nSPS) is 10.9. The van der Waals surface area contributed by atoms with Crippen molar-refractivity contribution in [2.24, 2.45) is 0 Å². The molecule has 4 rings (SSSR count). The smallest absolute Gasteiger partial charge is 0.234 e. The molecular formula is C24H19Cl3N4O2S. The Morgan fingerprint density at radius 3 is 2.59 bits per heavy atom. The number of anilines is 1. The minimum Gasteiger partial charge on any atom is -0.485 e. The molecule has 0 fully saturated rings. The number of hydrogen-bond acceptors (Lipinski definition) is 5. The lowest BCUT2D eigenvalue weighted by atomic mass is 10.1. The number of carbonyl (C=O) groups excluding carboxylic acids is 1. The van der Waals surface area contributed by atoms with Crippen molar-refractivity contribution in [2.75, 3.05) is 11.1 Å². The van der Waals surface area contributed by atoms with Gasteiger partial charge in [-0.05, 0) is 23.6 Å². The van der Waals surface area contributed by atoms with Gasteiger partial charge < -0.3 is 10.1 Å². The van der Waals surface area contributed by atoms with E-state index in [0.717, 1.165) is 16.5 Å². The van der Waals surface area contributed by atoms with E-state index in [-0.39, 0.29) is 28.3 Å². The molecule has 0 aliphatic rings. The van der Waals surface area contributed by atoms with Crippen LogP contribution < -0.4 is 10.1 Å². The predicted molar refractivity (Wildman–Crippen MR) is 139 cm³/mol. The molecule has 4 aromatic rings. The Hall–Kier alpha value is -2.71. The standard InChI is InChI=1S/C24H19Cl3N4O2S/c1-2-10-31-21(13-33-20-9-5-7-15-6-3-4-8-17(15)20)29-30-24(31)34-14-22(32)28-23-18(26)11-16(25)12-19(23)27/h2-9,11-12H,1,10,13-14H2,(H,28,32). The molecule has 0 unspecified atom stereocenters. The molecule has 0 saturated carbocycles. The van der Waals surface area contributed by atoms with Gasteiger partial charge in [0, 0.05) is 17.0 Å². The van der Waals surface area contributed by atoms with Gasteiger partial charge in [0.15, 0.2) is 11.0 Å². The highest BCUT2D eigenvalue weighted by molar-refractivity contribution is 7.99. The number of nitrogens with zero attached hydrogens (tertiary/aromatic N) is 3. The fourth-order valence-electron chi connectivity index (χ4n) is 3.28. The molecule has 1 heterocycles. The first kappa shape index (κ1) is 24.4. The number of carbonyl (C=O) groups is 1. The van der Waals surface area contributed by atoms with Gasteiger partial charge in [0.1, 0.15) is 12.4 Å². The highest BCUT2D eigenvalue weighted by Crippen LogP contribution is 2.34. The number of rotatable bonds is 9. The number of benzene rings is 3. The molecule has 10 heteroatoms. The fourth-order valence-corrected chi connectivity index (χ4v) is 4.95. The number of allylic oxidation sites excluding steroid dienone is 1. The van der Waals surface area contributed by atoms with Gasteiger partial charge in [-0.2, -0.15) is 0 Å². The zero-order chi connectivity index (χ0) is 24.1. The minimum atomic E-state index is -0.294. The van der Waals surface area contributed by atoms with Crippen molar-refractivity contribution < 1.29 is 9.53 Å². The second-order valence-electron chi connectivity index (χ2n) is 7.15. The second kappa shape index (κ2) is 11.1. The lowest BCUT2D eigenvalue weighted by Crippen LogP contribution is -2.15. The van der Waals surface area contributed by atoms with Gasteiger partial charge in [0.2, 0.25) is 5.91 Å². The number of halogens is 3. The summed E-state index contributed by atoms with van der Waals surface area (Å²) in [5.41, 5.74) is 0.315. The minimum absolute atomic E-state index is 0.0781. The maximum atomic E-state index is 12.5. The third kappa shape index (κ3) is 5.67. The van der Waals surface area contributed by atoms with Crippen LogP contribution in [0, 0.1) is 0 Å². The monoisotopic (exact) mass is 532 g/mol. The van der Waals surface area contributed by atoms with Crippen molar-refractivity contribution in [2.45, 2.75) is 18.3 Å². The van der Waals surface area contributed by atoms with E-state index in [4.69, 9.17) is 39.5 Å². The van der Waals surface area contributed by atoms with E-state index in [2.05, 4.69) is 22.1 Å². The summed E-state index contributed by atoms with van der Waals surface area (Å²) < 4.78 is 7.92. The van der Waals surface area contributed by atoms with E-state index in [0.29, 0.717) is 28.2 Å².